The molecule has 1 N–H and O–H groups in total. The van der Waals surface area contributed by atoms with Crippen molar-refractivity contribution in [2.75, 3.05) is 0 Å². The van der Waals surface area contributed by atoms with Crippen LogP contribution in [0.3, 0.4) is 0 Å². The van der Waals surface area contributed by atoms with Gasteiger partial charge in [-0.05, 0) is 59.5 Å². The molecule has 1 unspecified atom stereocenters. The van der Waals surface area contributed by atoms with Crippen molar-refractivity contribution in [1.82, 2.24) is 10.3 Å². The maximum Gasteiger partial charge on any atom is 0.228 e. The topological polar surface area (TPSA) is 42.0 Å². The molecule has 1 amide bonds. The maximum absolute atomic E-state index is 13.0. The number of rotatable bonds is 6. The predicted octanol–water partition coefficient (Wildman–Crippen LogP) is 4.52. The van der Waals surface area contributed by atoms with E-state index in [1.807, 2.05) is 24.3 Å². The van der Waals surface area contributed by atoms with Gasteiger partial charge in [-0.2, -0.15) is 0 Å². The molecule has 0 radical (unpaired) electrons. The SMILES string of the molecule is O=C(NCc1ccc(F)cc1)C(Cc1ccncc1)c1ccc(Cl)cc1. The lowest BCUT2D eigenvalue weighted by atomic mass is 9.91. The largest absolute Gasteiger partial charge is 0.351 e. The van der Waals surface area contributed by atoms with Gasteiger partial charge in [0.05, 0.1) is 5.92 Å². The van der Waals surface area contributed by atoms with Gasteiger partial charge in [-0.25, -0.2) is 4.39 Å². The molecule has 3 aromatic rings. The summed E-state index contributed by atoms with van der Waals surface area (Å²) < 4.78 is 13.0. The monoisotopic (exact) mass is 368 g/mol. The van der Waals surface area contributed by atoms with Gasteiger partial charge in [-0.1, -0.05) is 35.9 Å². The maximum atomic E-state index is 13.0. The summed E-state index contributed by atoms with van der Waals surface area (Å²) in [5.41, 5.74) is 2.76. The van der Waals surface area contributed by atoms with Crippen LogP contribution in [-0.4, -0.2) is 10.9 Å². The Kier molecular flexibility index (Phi) is 5.97. The summed E-state index contributed by atoms with van der Waals surface area (Å²) in [5, 5.41) is 3.57. The Labute approximate surface area is 156 Å². The van der Waals surface area contributed by atoms with Crippen molar-refractivity contribution in [2.24, 2.45) is 0 Å². The van der Waals surface area contributed by atoms with Crippen molar-refractivity contribution < 1.29 is 9.18 Å². The van der Waals surface area contributed by atoms with Gasteiger partial charge in [0.1, 0.15) is 5.82 Å². The van der Waals surface area contributed by atoms with Gasteiger partial charge in [-0.15, -0.1) is 0 Å². The fourth-order valence-electron chi connectivity index (χ4n) is 2.73. The molecule has 5 heteroatoms. The number of aromatic nitrogens is 1. The van der Waals surface area contributed by atoms with Gasteiger partial charge in [0.2, 0.25) is 5.91 Å². The highest BCUT2D eigenvalue weighted by Gasteiger charge is 2.21. The van der Waals surface area contributed by atoms with Crippen LogP contribution in [0.2, 0.25) is 5.02 Å². The lowest BCUT2D eigenvalue weighted by Gasteiger charge is -2.18. The van der Waals surface area contributed by atoms with Gasteiger partial charge in [0.15, 0.2) is 0 Å². The molecule has 0 aliphatic rings. The Morgan fingerprint density at radius 1 is 0.962 bits per heavy atom. The molecule has 1 aromatic heterocycles. The van der Waals surface area contributed by atoms with Gasteiger partial charge >= 0.3 is 0 Å². The molecule has 3 nitrogen and oxygen atoms in total. The molecule has 0 bridgehead atoms. The first-order valence-corrected chi connectivity index (χ1v) is 8.66. The second-order valence-electron chi connectivity index (χ2n) is 6.01. The van der Waals surface area contributed by atoms with E-state index in [-0.39, 0.29) is 17.6 Å². The highest BCUT2D eigenvalue weighted by atomic mass is 35.5. The Morgan fingerprint density at radius 3 is 2.27 bits per heavy atom. The molecular weight excluding hydrogens is 351 g/mol. The zero-order valence-electron chi connectivity index (χ0n) is 14.0. The molecule has 1 heterocycles. The van der Waals surface area contributed by atoms with Crippen LogP contribution < -0.4 is 5.32 Å². The standard InChI is InChI=1S/C21H18ClFN2O/c22-18-5-3-17(4-6-18)20(13-15-9-11-24-12-10-15)21(26)25-14-16-1-7-19(23)8-2-16/h1-12,20H,13-14H2,(H,25,26). The number of benzene rings is 2. The van der Waals surface area contributed by atoms with E-state index in [4.69, 9.17) is 11.6 Å². The summed E-state index contributed by atoms with van der Waals surface area (Å²) in [7, 11) is 0. The third-order valence-electron chi connectivity index (χ3n) is 4.16. The van der Waals surface area contributed by atoms with Crippen LogP contribution in [0.5, 0.6) is 0 Å². The summed E-state index contributed by atoms with van der Waals surface area (Å²) in [6, 6.07) is 17.2. The third kappa shape index (κ3) is 4.90. The van der Waals surface area contributed by atoms with E-state index in [1.54, 1.807) is 36.7 Å². The van der Waals surface area contributed by atoms with Crippen molar-refractivity contribution in [3.05, 3.63) is 101 Å². The van der Waals surface area contributed by atoms with E-state index in [1.165, 1.54) is 12.1 Å². The summed E-state index contributed by atoms with van der Waals surface area (Å²) in [6.45, 7) is 0.347. The highest BCUT2D eigenvalue weighted by molar-refractivity contribution is 6.30. The molecule has 1 atom stereocenters. The van der Waals surface area contributed by atoms with Crippen molar-refractivity contribution >= 4 is 17.5 Å². The summed E-state index contributed by atoms with van der Waals surface area (Å²) >= 11 is 5.97. The lowest BCUT2D eigenvalue weighted by Crippen LogP contribution is -2.30. The second-order valence-corrected chi connectivity index (χ2v) is 6.44. The molecule has 0 saturated heterocycles. The summed E-state index contributed by atoms with van der Waals surface area (Å²) in [4.78, 5) is 16.9. The number of hydrogen-bond acceptors (Lipinski definition) is 2. The van der Waals surface area contributed by atoms with Crippen molar-refractivity contribution in [3.8, 4) is 0 Å². The fourth-order valence-corrected chi connectivity index (χ4v) is 2.85. The number of nitrogens with one attached hydrogen (secondary N) is 1. The normalized spacial score (nSPS) is 11.8. The van der Waals surface area contributed by atoms with Crippen LogP contribution in [0.4, 0.5) is 4.39 Å². The Bertz CT molecular complexity index is 851. The number of hydrogen-bond donors (Lipinski definition) is 1. The van der Waals surface area contributed by atoms with Crippen LogP contribution in [0.25, 0.3) is 0 Å². The number of nitrogens with zero attached hydrogens (tertiary/aromatic N) is 1. The average molecular weight is 369 g/mol. The molecular formula is C21H18ClFN2O. The van der Waals surface area contributed by atoms with E-state index in [9.17, 15) is 9.18 Å². The van der Waals surface area contributed by atoms with Gasteiger partial charge in [0, 0.05) is 24.0 Å². The first-order valence-electron chi connectivity index (χ1n) is 8.28. The molecule has 2 aromatic carbocycles. The molecule has 3 rings (SSSR count). The number of amides is 1. The lowest BCUT2D eigenvalue weighted by molar-refractivity contribution is -0.122. The fraction of sp³-hybridized carbons (Fsp3) is 0.143. The van der Waals surface area contributed by atoms with E-state index in [2.05, 4.69) is 10.3 Å². The van der Waals surface area contributed by atoms with E-state index < -0.39 is 0 Å². The average Bonchev–Trinajstić information content (AvgIpc) is 2.67. The quantitative estimate of drug-likeness (QED) is 0.695. The van der Waals surface area contributed by atoms with Crippen LogP contribution in [0.15, 0.2) is 73.1 Å². The predicted molar refractivity (Wildman–Crippen MR) is 100 cm³/mol. The van der Waals surface area contributed by atoms with Gasteiger partial charge in [-0.3, -0.25) is 9.78 Å². The van der Waals surface area contributed by atoms with Gasteiger partial charge < -0.3 is 5.32 Å². The first-order chi connectivity index (χ1) is 12.6. The van der Waals surface area contributed by atoms with Crippen LogP contribution in [0.1, 0.15) is 22.6 Å². The molecule has 26 heavy (non-hydrogen) atoms. The second kappa shape index (κ2) is 8.59. The molecule has 0 aliphatic carbocycles. The first kappa shape index (κ1) is 18.1. The zero-order chi connectivity index (χ0) is 18.4. The van der Waals surface area contributed by atoms with Crippen LogP contribution in [-0.2, 0) is 17.8 Å². The van der Waals surface area contributed by atoms with Crippen molar-refractivity contribution in [2.45, 2.75) is 18.9 Å². The number of carbonyl (C=O) groups is 1. The molecule has 0 saturated carbocycles. The molecule has 0 aliphatic heterocycles. The van der Waals surface area contributed by atoms with Gasteiger partial charge in [0.25, 0.3) is 0 Å². The Balaban J connectivity index is 1.76. The number of carbonyl (C=O) groups excluding carboxylic acids is 1. The van der Waals surface area contributed by atoms with E-state index in [0.29, 0.717) is 18.0 Å². The number of pyridine rings is 1. The van der Waals surface area contributed by atoms with Crippen LogP contribution in [0, 0.1) is 5.82 Å². The smallest absolute Gasteiger partial charge is 0.228 e. The molecule has 0 spiro atoms. The third-order valence-corrected chi connectivity index (χ3v) is 4.41. The Morgan fingerprint density at radius 2 is 1.62 bits per heavy atom. The van der Waals surface area contributed by atoms with Crippen molar-refractivity contribution in [3.63, 3.8) is 0 Å². The van der Waals surface area contributed by atoms with Crippen molar-refractivity contribution in [1.29, 1.82) is 0 Å². The van der Waals surface area contributed by atoms with E-state index >= 15 is 0 Å². The minimum absolute atomic E-state index is 0.0894. The molecule has 0 fully saturated rings. The van der Waals surface area contributed by atoms with Crippen LogP contribution >= 0.6 is 11.6 Å². The minimum atomic E-state index is -0.352. The summed E-state index contributed by atoms with van der Waals surface area (Å²) in [6.07, 6.45) is 3.98. The Hall–Kier alpha value is -2.72. The summed E-state index contributed by atoms with van der Waals surface area (Å²) in [5.74, 6) is -0.736. The highest BCUT2D eigenvalue weighted by Crippen LogP contribution is 2.23. The zero-order valence-corrected chi connectivity index (χ0v) is 14.8. The number of halogens is 2. The van der Waals surface area contributed by atoms with E-state index in [0.717, 1.165) is 16.7 Å². The molecule has 132 valence electrons. The minimum Gasteiger partial charge on any atom is -0.351 e.